The van der Waals surface area contributed by atoms with Gasteiger partial charge < -0.3 is 4.74 Å². The second kappa shape index (κ2) is 6.53. The predicted molar refractivity (Wildman–Crippen MR) is 84.7 cm³/mol. The molecule has 23 heavy (non-hydrogen) atoms. The number of benzene rings is 1. The van der Waals surface area contributed by atoms with Crippen molar-refractivity contribution in [1.29, 1.82) is 0 Å². The SMILES string of the molecule is Cc1cnc(NC(=O)[C@H](C)Oc2ccc(-n3cnnn3)cc2)s1. The first-order valence-electron chi connectivity index (χ1n) is 6.85. The number of hydrogen-bond acceptors (Lipinski definition) is 7. The quantitative estimate of drug-likeness (QED) is 0.767. The Morgan fingerprint density at radius 1 is 1.35 bits per heavy atom. The van der Waals surface area contributed by atoms with Gasteiger partial charge in [0.2, 0.25) is 0 Å². The number of ether oxygens (including phenoxy) is 1. The minimum atomic E-state index is -0.641. The van der Waals surface area contributed by atoms with Crippen LogP contribution in [-0.2, 0) is 4.79 Å². The highest BCUT2D eigenvalue weighted by Crippen LogP contribution is 2.18. The zero-order valence-electron chi connectivity index (χ0n) is 12.5. The lowest BCUT2D eigenvalue weighted by atomic mass is 10.3. The fourth-order valence-electron chi connectivity index (χ4n) is 1.83. The standard InChI is InChI=1S/C14H14N6O2S/c1-9-7-15-14(23-9)17-13(21)10(2)22-12-5-3-11(4-6-12)20-8-16-18-19-20/h3-8,10H,1-2H3,(H,15,17,21)/t10-/m0/s1. The topological polar surface area (TPSA) is 94.8 Å². The van der Waals surface area contributed by atoms with Gasteiger partial charge >= 0.3 is 0 Å². The molecule has 2 aromatic heterocycles. The van der Waals surface area contributed by atoms with Crippen LogP contribution in [-0.4, -0.2) is 37.2 Å². The van der Waals surface area contributed by atoms with Gasteiger partial charge in [0.25, 0.3) is 5.91 Å². The summed E-state index contributed by atoms with van der Waals surface area (Å²) in [6, 6.07) is 7.13. The summed E-state index contributed by atoms with van der Waals surface area (Å²) in [5, 5.41) is 14.2. The highest BCUT2D eigenvalue weighted by atomic mass is 32.1. The van der Waals surface area contributed by atoms with E-state index in [1.165, 1.54) is 22.3 Å². The van der Waals surface area contributed by atoms with Crippen molar-refractivity contribution in [2.45, 2.75) is 20.0 Å². The minimum absolute atomic E-state index is 0.246. The molecule has 0 bridgehead atoms. The van der Waals surface area contributed by atoms with E-state index in [9.17, 15) is 4.79 Å². The molecular formula is C14H14N6O2S. The number of carbonyl (C=O) groups is 1. The monoisotopic (exact) mass is 330 g/mol. The molecule has 0 unspecified atom stereocenters. The Hall–Kier alpha value is -2.81. The van der Waals surface area contributed by atoms with Crippen LogP contribution in [0.3, 0.4) is 0 Å². The number of thiazole rings is 1. The largest absolute Gasteiger partial charge is 0.481 e. The maximum absolute atomic E-state index is 12.1. The Bertz CT molecular complexity index is 784. The molecule has 9 heteroatoms. The zero-order chi connectivity index (χ0) is 16.2. The smallest absolute Gasteiger partial charge is 0.266 e. The number of carbonyl (C=O) groups excluding carboxylic acids is 1. The lowest BCUT2D eigenvalue weighted by Gasteiger charge is -2.14. The fraction of sp³-hybridized carbons (Fsp3) is 0.214. The van der Waals surface area contributed by atoms with Crippen LogP contribution >= 0.6 is 11.3 Å². The molecule has 0 saturated heterocycles. The molecule has 1 N–H and O–H groups in total. The van der Waals surface area contributed by atoms with E-state index in [2.05, 4.69) is 25.8 Å². The summed E-state index contributed by atoms with van der Waals surface area (Å²) in [5.74, 6) is 0.337. The lowest BCUT2D eigenvalue weighted by Crippen LogP contribution is -2.30. The van der Waals surface area contributed by atoms with Gasteiger partial charge in [-0.05, 0) is 48.5 Å². The number of nitrogens with zero attached hydrogens (tertiary/aromatic N) is 5. The van der Waals surface area contributed by atoms with Crippen LogP contribution in [0.4, 0.5) is 5.13 Å². The molecule has 0 aliphatic heterocycles. The van der Waals surface area contributed by atoms with Gasteiger partial charge in [0.1, 0.15) is 12.1 Å². The summed E-state index contributed by atoms with van der Waals surface area (Å²) in [4.78, 5) is 17.2. The average Bonchev–Trinajstić information content (AvgIpc) is 3.20. The molecule has 0 saturated carbocycles. The highest BCUT2D eigenvalue weighted by Gasteiger charge is 2.16. The van der Waals surface area contributed by atoms with Gasteiger partial charge in [0.15, 0.2) is 11.2 Å². The molecule has 0 spiro atoms. The van der Waals surface area contributed by atoms with Crippen LogP contribution in [0.5, 0.6) is 5.75 Å². The zero-order valence-corrected chi connectivity index (χ0v) is 13.3. The molecule has 0 radical (unpaired) electrons. The molecule has 0 aliphatic carbocycles. The van der Waals surface area contributed by atoms with Crippen molar-refractivity contribution in [2.24, 2.45) is 0 Å². The van der Waals surface area contributed by atoms with Crippen molar-refractivity contribution in [3.63, 3.8) is 0 Å². The Morgan fingerprint density at radius 3 is 2.74 bits per heavy atom. The molecule has 1 atom stereocenters. The molecule has 1 amide bonds. The van der Waals surface area contributed by atoms with Crippen molar-refractivity contribution >= 4 is 22.4 Å². The Morgan fingerprint density at radius 2 is 2.13 bits per heavy atom. The molecule has 0 aliphatic rings. The van der Waals surface area contributed by atoms with E-state index in [-0.39, 0.29) is 5.91 Å². The lowest BCUT2D eigenvalue weighted by molar-refractivity contribution is -0.122. The first kappa shape index (κ1) is 15.1. The van der Waals surface area contributed by atoms with Gasteiger partial charge in [0, 0.05) is 11.1 Å². The first-order valence-corrected chi connectivity index (χ1v) is 7.67. The second-order valence-corrected chi connectivity index (χ2v) is 6.01. The van der Waals surface area contributed by atoms with E-state index < -0.39 is 6.10 Å². The van der Waals surface area contributed by atoms with Gasteiger partial charge in [-0.3, -0.25) is 10.1 Å². The van der Waals surface area contributed by atoms with Crippen molar-refractivity contribution in [3.8, 4) is 11.4 Å². The Balaban J connectivity index is 1.61. The number of aryl methyl sites for hydroxylation is 1. The number of aromatic nitrogens is 5. The maximum atomic E-state index is 12.1. The molecule has 3 rings (SSSR count). The van der Waals surface area contributed by atoms with Crippen LogP contribution in [0.1, 0.15) is 11.8 Å². The first-order chi connectivity index (χ1) is 11.1. The van der Waals surface area contributed by atoms with E-state index in [0.29, 0.717) is 10.9 Å². The van der Waals surface area contributed by atoms with Gasteiger partial charge in [-0.1, -0.05) is 0 Å². The molecule has 8 nitrogen and oxygen atoms in total. The maximum Gasteiger partial charge on any atom is 0.266 e. The van der Waals surface area contributed by atoms with Crippen LogP contribution in [0, 0.1) is 6.92 Å². The van der Waals surface area contributed by atoms with Crippen molar-refractivity contribution in [3.05, 3.63) is 41.7 Å². The average molecular weight is 330 g/mol. The Kier molecular flexibility index (Phi) is 4.29. The van der Waals surface area contributed by atoms with Crippen LogP contribution in [0.25, 0.3) is 5.69 Å². The van der Waals surface area contributed by atoms with Crippen LogP contribution < -0.4 is 10.1 Å². The molecule has 1 aromatic carbocycles. The molecule has 3 aromatic rings. The summed E-state index contributed by atoms with van der Waals surface area (Å²) in [6.07, 6.45) is 2.57. The Labute approximate surface area is 136 Å². The van der Waals surface area contributed by atoms with Crippen molar-refractivity contribution < 1.29 is 9.53 Å². The van der Waals surface area contributed by atoms with Crippen LogP contribution in [0.15, 0.2) is 36.8 Å². The normalized spacial score (nSPS) is 11.9. The van der Waals surface area contributed by atoms with E-state index in [0.717, 1.165) is 10.6 Å². The van der Waals surface area contributed by atoms with E-state index in [1.54, 1.807) is 37.4 Å². The second-order valence-electron chi connectivity index (χ2n) is 4.77. The van der Waals surface area contributed by atoms with Gasteiger partial charge in [-0.25, -0.2) is 9.67 Å². The summed E-state index contributed by atoms with van der Waals surface area (Å²) < 4.78 is 7.16. The molecule has 0 fully saturated rings. The number of rotatable bonds is 5. The number of tetrazole rings is 1. The van der Waals surface area contributed by atoms with E-state index in [4.69, 9.17) is 4.74 Å². The summed E-state index contributed by atoms with van der Waals surface area (Å²) in [6.45, 7) is 3.62. The molecular weight excluding hydrogens is 316 g/mol. The fourth-order valence-corrected chi connectivity index (χ4v) is 2.50. The summed E-state index contributed by atoms with van der Waals surface area (Å²) in [5.41, 5.74) is 0.803. The van der Waals surface area contributed by atoms with E-state index in [1.807, 2.05) is 6.92 Å². The summed E-state index contributed by atoms with van der Waals surface area (Å²) >= 11 is 1.42. The predicted octanol–water partition coefficient (Wildman–Crippen LogP) is 1.83. The van der Waals surface area contributed by atoms with Gasteiger partial charge in [0.05, 0.1) is 5.69 Å². The van der Waals surface area contributed by atoms with Gasteiger partial charge in [-0.2, -0.15) is 0 Å². The third-order valence-electron chi connectivity index (χ3n) is 2.98. The number of anilines is 1. The number of hydrogen-bond donors (Lipinski definition) is 1. The van der Waals surface area contributed by atoms with Crippen LogP contribution in [0.2, 0.25) is 0 Å². The van der Waals surface area contributed by atoms with Gasteiger partial charge in [-0.15, -0.1) is 16.4 Å². The number of amides is 1. The highest BCUT2D eigenvalue weighted by molar-refractivity contribution is 7.15. The third-order valence-corrected chi connectivity index (χ3v) is 3.81. The number of nitrogens with one attached hydrogen (secondary N) is 1. The summed E-state index contributed by atoms with van der Waals surface area (Å²) in [7, 11) is 0. The molecule has 118 valence electrons. The van der Waals surface area contributed by atoms with Crippen molar-refractivity contribution in [1.82, 2.24) is 25.2 Å². The minimum Gasteiger partial charge on any atom is -0.481 e. The van der Waals surface area contributed by atoms with E-state index >= 15 is 0 Å². The van der Waals surface area contributed by atoms with Crippen molar-refractivity contribution in [2.75, 3.05) is 5.32 Å². The third kappa shape index (κ3) is 3.69. The molecule has 2 heterocycles.